The molecule has 20 heavy (non-hydrogen) atoms. The molecule has 0 radical (unpaired) electrons. The third kappa shape index (κ3) is 5.64. The second-order valence-corrected chi connectivity index (χ2v) is 6.50. The molecule has 0 bridgehead atoms. The standard InChI is InChI=1S/C14H28N2O4/c1-14(2,3)20-13(18)16-9-12(8-11(16)10-17)19-7-6-15(4)5/h11-12,17H,6-10H2,1-5H3/t11-,12+/m0/s1. The summed E-state index contributed by atoms with van der Waals surface area (Å²) in [4.78, 5) is 15.7. The van der Waals surface area contributed by atoms with E-state index in [2.05, 4.69) is 0 Å². The molecule has 1 saturated heterocycles. The third-order valence-corrected chi connectivity index (χ3v) is 3.11. The topological polar surface area (TPSA) is 62.2 Å². The van der Waals surface area contributed by atoms with Crippen molar-refractivity contribution in [3.63, 3.8) is 0 Å². The molecule has 0 unspecified atom stereocenters. The summed E-state index contributed by atoms with van der Waals surface area (Å²) in [6.07, 6.45) is 0.248. The molecule has 0 spiro atoms. The summed E-state index contributed by atoms with van der Waals surface area (Å²) in [5, 5.41) is 9.40. The van der Waals surface area contributed by atoms with Crippen LogP contribution in [-0.2, 0) is 9.47 Å². The Morgan fingerprint density at radius 3 is 2.55 bits per heavy atom. The smallest absolute Gasteiger partial charge is 0.410 e. The summed E-state index contributed by atoms with van der Waals surface area (Å²) < 4.78 is 11.1. The number of rotatable bonds is 5. The highest BCUT2D eigenvalue weighted by molar-refractivity contribution is 5.69. The number of nitrogens with zero attached hydrogens (tertiary/aromatic N) is 2. The summed E-state index contributed by atoms with van der Waals surface area (Å²) >= 11 is 0. The zero-order chi connectivity index (χ0) is 15.3. The summed E-state index contributed by atoms with van der Waals surface area (Å²) in [5.74, 6) is 0. The summed E-state index contributed by atoms with van der Waals surface area (Å²) in [6.45, 7) is 7.38. The summed E-state index contributed by atoms with van der Waals surface area (Å²) in [6, 6.07) is -0.214. The van der Waals surface area contributed by atoms with Gasteiger partial charge in [0.25, 0.3) is 0 Å². The summed E-state index contributed by atoms with van der Waals surface area (Å²) in [7, 11) is 3.98. The highest BCUT2D eigenvalue weighted by Crippen LogP contribution is 2.22. The van der Waals surface area contributed by atoms with E-state index in [0.717, 1.165) is 6.54 Å². The van der Waals surface area contributed by atoms with E-state index in [0.29, 0.717) is 19.6 Å². The molecule has 0 aromatic carbocycles. The highest BCUT2D eigenvalue weighted by Gasteiger charge is 2.37. The van der Waals surface area contributed by atoms with Crippen LogP contribution in [0.15, 0.2) is 0 Å². The zero-order valence-corrected chi connectivity index (χ0v) is 13.3. The van der Waals surface area contributed by atoms with E-state index < -0.39 is 5.60 Å². The first-order valence-corrected chi connectivity index (χ1v) is 7.09. The molecule has 0 aromatic rings. The Labute approximate surface area is 121 Å². The van der Waals surface area contributed by atoms with Gasteiger partial charge in [-0.3, -0.25) is 0 Å². The Kier molecular flexibility index (Phi) is 6.23. The number of likely N-dealkylation sites (N-methyl/N-ethyl adjacent to an activating group) is 1. The lowest BCUT2D eigenvalue weighted by molar-refractivity contribution is 0.0127. The zero-order valence-electron chi connectivity index (χ0n) is 13.3. The Morgan fingerprint density at radius 1 is 1.40 bits per heavy atom. The fourth-order valence-corrected chi connectivity index (χ4v) is 2.11. The van der Waals surface area contributed by atoms with Gasteiger partial charge in [0, 0.05) is 6.54 Å². The number of aliphatic hydroxyl groups excluding tert-OH is 1. The molecule has 1 amide bonds. The van der Waals surface area contributed by atoms with Gasteiger partial charge in [-0.05, 0) is 41.3 Å². The normalized spacial score (nSPS) is 23.4. The minimum absolute atomic E-state index is 0.0281. The van der Waals surface area contributed by atoms with Crippen LogP contribution in [0.3, 0.4) is 0 Å². The monoisotopic (exact) mass is 288 g/mol. The molecule has 0 aliphatic carbocycles. The van der Waals surface area contributed by atoms with E-state index in [1.165, 1.54) is 0 Å². The van der Waals surface area contributed by atoms with Gasteiger partial charge >= 0.3 is 6.09 Å². The maximum absolute atomic E-state index is 12.1. The fraction of sp³-hybridized carbons (Fsp3) is 0.929. The molecule has 1 aliphatic rings. The quantitative estimate of drug-likeness (QED) is 0.815. The van der Waals surface area contributed by atoms with Gasteiger partial charge in [-0.2, -0.15) is 0 Å². The molecular formula is C14H28N2O4. The molecule has 118 valence electrons. The predicted octanol–water partition coefficient (Wildman–Crippen LogP) is 0.935. The van der Waals surface area contributed by atoms with Crippen LogP contribution in [0.5, 0.6) is 0 Å². The summed E-state index contributed by atoms with van der Waals surface area (Å²) in [5.41, 5.74) is -0.527. The molecule has 6 nitrogen and oxygen atoms in total. The molecular weight excluding hydrogens is 260 g/mol. The Morgan fingerprint density at radius 2 is 2.05 bits per heavy atom. The molecule has 0 aromatic heterocycles. The molecule has 2 atom stereocenters. The number of amides is 1. The molecule has 1 aliphatic heterocycles. The third-order valence-electron chi connectivity index (χ3n) is 3.11. The minimum atomic E-state index is -0.527. The largest absolute Gasteiger partial charge is 0.444 e. The van der Waals surface area contributed by atoms with E-state index in [4.69, 9.17) is 9.47 Å². The highest BCUT2D eigenvalue weighted by atomic mass is 16.6. The number of aliphatic hydroxyl groups is 1. The number of likely N-dealkylation sites (tertiary alicyclic amines) is 1. The molecule has 0 saturated carbocycles. The first kappa shape index (κ1) is 17.2. The van der Waals surface area contributed by atoms with E-state index in [1.807, 2.05) is 39.8 Å². The van der Waals surface area contributed by atoms with E-state index in [9.17, 15) is 9.90 Å². The van der Waals surface area contributed by atoms with Crippen molar-refractivity contribution >= 4 is 6.09 Å². The van der Waals surface area contributed by atoms with Gasteiger partial charge < -0.3 is 24.4 Å². The Bertz CT molecular complexity index is 315. The van der Waals surface area contributed by atoms with Gasteiger partial charge in [-0.25, -0.2) is 4.79 Å². The number of hydrogen-bond acceptors (Lipinski definition) is 5. The van der Waals surface area contributed by atoms with E-state index in [1.54, 1.807) is 4.90 Å². The maximum Gasteiger partial charge on any atom is 0.410 e. The average molecular weight is 288 g/mol. The van der Waals surface area contributed by atoms with E-state index >= 15 is 0 Å². The van der Waals surface area contributed by atoms with Crippen molar-refractivity contribution in [3.05, 3.63) is 0 Å². The Hall–Kier alpha value is -0.850. The molecule has 6 heteroatoms. The molecule has 1 rings (SSSR count). The second-order valence-electron chi connectivity index (χ2n) is 6.50. The van der Waals surface area contributed by atoms with Crippen LogP contribution >= 0.6 is 0 Å². The lowest BCUT2D eigenvalue weighted by Gasteiger charge is -2.27. The maximum atomic E-state index is 12.1. The lowest BCUT2D eigenvalue weighted by atomic mass is 10.2. The minimum Gasteiger partial charge on any atom is -0.444 e. The number of carbonyl (C=O) groups is 1. The molecule has 1 fully saturated rings. The van der Waals surface area contributed by atoms with Crippen LogP contribution in [0.4, 0.5) is 4.79 Å². The average Bonchev–Trinajstić information content (AvgIpc) is 2.69. The first-order valence-electron chi connectivity index (χ1n) is 7.09. The SMILES string of the molecule is CN(C)CCO[C@@H]1C[C@@H](CO)N(C(=O)OC(C)(C)C)C1. The van der Waals surface area contributed by atoms with Crippen molar-refractivity contribution < 1.29 is 19.4 Å². The van der Waals surface area contributed by atoms with Crippen LogP contribution in [-0.4, -0.2) is 79.1 Å². The van der Waals surface area contributed by atoms with Crippen LogP contribution < -0.4 is 0 Å². The van der Waals surface area contributed by atoms with Gasteiger partial charge in [0.1, 0.15) is 5.60 Å². The van der Waals surface area contributed by atoms with Gasteiger partial charge in [-0.15, -0.1) is 0 Å². The van der Waals surface area contributed by atoms with Crippen molar-refractivity contribution in [2.24, 2.45) is 0 Å². The van der Waals surface area contributed by atoms with Gasteiger partial charge in [0.15, 0.2) is 0 Å². The van der Waals surface area contributed by atoms with Gasteiger partial charge in [0.05, 0.1) is 31.9 Å². The second kappa shape index (κ2) is 7.24. The van der Waals surface area contributed by atoms with E-state index in [-0.39, 0.29) is 24.8 Å². The Balaban J connectivity index is 2.49. The van der Waals surface area contributed by atoms with Crippen molar-refractivity contribution in [2.45, 2.75) is 44.9 Å². The number of hydrogen-bond donors (Lipinski definition) is 1. The predicted molar refractivity (Wildman–Crippen MR) is 76.7 cm³/mol. The van der Waals surface area contributed by atoms with Gasteiger partial charge in [0.2, 0.25) is 0 Å². The van der Waals surface area contributed by atoms with Crippen molar-refractivity contribution in [1.82, 2.24) is 9.80 Å². The molecule has 1 heterocycles. The fourth-order valence-electron chi connectivity index (χ4n) is 2.11. The lowest BCUT2D eigenvalue weighted by Crippen LogP contribution is -2.41. The van der Waals surface area contributed by atoms with Gasteiger partial charge in [-0.1, -0.05) is 0 Å². The first-order chi connectivity index (χ1) is 9.23. The van der Waals surface area contributed by atoms with Crippen molar-refractivity contribution in [3.8, 4) is 0 Å². The number of ether oxygens (including phenoxy) is 2. The van der Waals surface area contributed by atoms with Crippen molar-refractivity contribution in [1.29, 1.82) is 0 Å². The van der Waals surface area contributed by atoms with Crippen LogP contribution in [0.2, 0.25) is 0 Å². The van der Waals surface area contributed by atoms with Crippen LogP contribution in [0.25, 0.3) is 0 Å². The number of carbonyl (C=O) groups excluding carboxylic acids is 1. The van der Waals surface area contributed by atoms with Crippen molar-refractivity contribution in [2.75, 3.05) is 40.4 Å². The van der Waals surface area contributed by atoms with Crippen LogP contribution in [0.1, 0.15) is 27.2 Å². The molecule has 1 N–H and O–H groups in total. The van der Waals surface area contributed by atoms with Crippen LogP contribution in [0, 0.1) is 0 Å².